The zero-order chi connectivity index (χ0) is 6.24. The Labute approximate surface area is 101 Å². The van der Waals surface area contributed by atoms with Gasteiger partial charge in [-0.2, -0.15) is 0 Å². The molecule has 0 amide bonds. The summed E-state index contributed by atoms with van der Waals surface area (Å²) in [5.41, 5.74) is 0. The normalized spacial score (nSPS) is 7.09. The van der Waals surface area contributed by atoms with Crippen LogP contribution in [-0.4, -0.2) is 38.6 Å². The Bertz CT molecular complexity index is 52.8. The van der Waals surface area contributed by atoms with E-state index in [0.717, 1.165) is 0 Å². The maximum absolute atomic E-state index is 8.20. The van der Waals surface area contributed by atoms with E-state index in [-0.39, 0.29) is 59.6 Å². The second-order valence-corrected chi connectivity index (χ2v) is 1.33. The summed E-state index contributed by atoms with van der Waals surface area (Å²) in [5, 5.41) is 8.20. The van der Waals surface area contributed by atoms with E-state index in [2.05, 4.69) is 4.74 Å². The molecule has 0 aromatic carbocycles. The van der Waals surface area contributed by atoms with Gasteiger partial charge >= 0.3 is 37.7 Å². The van der Waals surface area contributed by atoms with Crippen molar-refractivity contribution >= 4 is 12.4 Å². The summed E-state index contributed by atoms with van der Waals surface area (Å²) in [4.78, 5) is 0. The van der Waals surface area contributed by atoms with Gasteiger partial charge in [0, 0.05) is 7.11 Å². The molecule has 0 fully saturated rings. The van der Waals surface area contributed by atoms with Gasteiger partial charge in [0.1, 0.15) is 0 Å². The average molecular weight is 173 g/mol. The summed E-state index contributed by atoms with van der Waals surface area (Å²) in [7, 11) is 1.61. The molecule has 0 heterocycles. The Kier molecular flexibility index (Phi) is 46.7. The van der Waals surface area contributed by atoms with E-state index < -0.39 is 0 Å². The Morgan fingerprint density at radius 2 is 1.73 bits per heavy atom. The van der Waals surface area contributed by atoms with Gasteiger partial charge in [0.15, 0.2) is 0 Å². The largest absolute Gasteiger partial charge is 1.00 e. The zero-order valence-corrected chi connectivity index (χ0v) is 8.32. The monoisotopic (exact) mass is 172 g/mol. The van der Waals surface area contributed by atoms with Crippen LogP contribution in [0, 0.1) is 0 Å². The molecule has 0 aromatic rings. The molecule has 3 nitrogen and oxygen atoms in total. The van der Waals surface area contributed by atoms with Crippen LogP contribution in [0.15, 0.2) is 0 Å². The summed E-state index contributed by atoms with van der Waals surface area (Å²) >= 11 is 0. The van der Waals surface area contributed by atoms with Gasteiger partial charge in [-0.25, -0.2) is 0 Å². The van der Waals surface area contributed by atoms with Gasteiger partial charge in [-0.15, -0.1) is 12.4 Å². The Hall–Kier alpha value is 1.36. The third kappa shape index (κ3) is 24.6. The number of hydrogen-bond donors (Lipinski definition) is 1. The van der Waals surface area contributed by atoms with Gasteiger partial charge in [0.25, 0.3) is 0 Å². The number of halogens is 1. The van der Waals surface area contributed by atoms with Crippen LogP contribution < -0.4 is 37.7 Å². The first-order chi connectivity index (χ1) is 3.91. The molecule has 0 radical (unpaired) electrons. The molecular formula is C5H15ClLi2O3. The predicted octanol–water partition coefficient (Wildman–Crippen LogP) is -5.70. The third-order valence-electron chi connectivity index (χ3n) is 0.667. The zero-order valence-electron chi connectivity index (χ0n) is 9.50. The van der Waals surface area contributed by atoms with E-state index in [4.69, 9.17) is 9.84 Å². The van der Waals surface area contributed by atoms with Gasteiger partial charge in [-0.1, -0.05) is 0 Å². The van der Waals surface area contributed by atoms with Crippen LogP contribution in [0.1, 0.15) is 2.85 Å². The van der Waals surface area contributed by atoms with E-state index >= 15 is 0 Å². The molecule has 0 aliphatic rings. The van der Waals surface area contributed by atoms with Crippen molar-refractivity contribution in [1.29, 1.82) is 0 Å². The van der Waals surface area contributed by atoms with E-state index in [1.165, 1.54) is 0 Å². The summed E-state index contributed by atoms with van der Waals surface area (Å²) < 4.78 is 9.53. The second-order valence-electron chi connectivity index (χ2n) is 1.33. The van der Waals surface area contributed by atoms with Crippen LogP contribution in [-0.2, 0) is 9.47 Å². The van der Waals surface area contributed by atoms with Gasteiger partial charge in [-0.3, -0.25) is 0 Å². The van der Waals surface area contributed by atoms with E-state index in [1.54, 1.807) is 7.11 Å². The Balaban J connectivity index is -0.0000000245. The second kappa shape index (κ2) is 22.5. The van der Waals surface area contributed by atoms with Crippen molar-refractivity contribution in [3.8, 4) is 0 Å². The number of aliphatic hydroxyl groups excluding tert-OH is 1. The van der Waals surface area contributed by atoms with Crippen molar-refractivity contribution in [3.63, 3.8) is 0 Å². The van der Waals surface area contributed by atoms with Gasteiger partial charge in [-0.05, 0) is 0 Å². The summed E-state index contributed by atoms with van der Waals surface area (Å²) in [5.74, 6) is 0. The van der Waals surface area contributed by atoms with Crippen LogP contribution in [0.25, 0.3) is 0 Å². The van der Waals surface area contributed by atoms with Crippen LogP contribution in [0.3, 0.4) is 0 Å². The van der Waals surface area contributed by atoms with Crippen LogP contribution in [0.2, 0.25) is 0 Å². The molecule has 0 atom stereocenters. The first-order valence-corrected chi connectivity index (χ1v) is 2.59. The molecule has 0 saturated carbocycles. The first kappa shape index (κ1) is 22.8. The molecule has 0 bridgehead atoms. The molecule has 11 heavy (non-hydrogen) atoms. The molecule has 1 N–H and O–H groups in total. The number of aliphatic hydroxyl groups is 1. The van der Waals surface area contributed by atoms with Crippen molar-refractivity contribution in [2.75, 3.05) is 33.5 Å². The summed E-state index contributed by atoms with van der Waals surface area (Å²) in [6.07, 6.45) is 0. The van der Waals surface area contributed by atoms with Crippen LogP contribution in [0.4, 0.5) is 0 Å². The van der Waals surface area contributed by atoms with Crippen LogP contribution >= 0.6 is 12.4 Å². The number of rotatable bonds is 5. The quantitative estimate of drug-likeness (QED) is 0.332. The fourth-order valence-electron chi connectivity index (χ4n) is 0.309. The smallest absolute Gasteiger partial charge is 1.00 e. The number of methoxy groups -OCH3 is 1. The molecule has 0 unspecified atom stereocenters. The Morgan fingerprint density at radius 3 is 2.09 bits per heavy atom. The fraction of sp³-hybridized carbons (Fsp3) is 1.00. The molecular weight excluding hydrogens is 157 g/mol. The molecule has 0 spiro atoms. The molecule has 0 aliphatic carbocycles. The average Bonchev–Trinajstić information content (AvgIpc) is 1.81. The molecule has 0 aliphatic heterocycles. The first-order valence-electron chi connectivity index (χ1n) is 2.59. The van der Waals surface area contributed by atoms with Crippen molar-refractivity contribution in [1.82, 2.24) is 0 Å². The van der Waals surface area contributed by atoms with Crippen molar-refractivity contribution in [3.05, 3.63) is 0 Å². The third-order valence-corrected chi connectivity index (χ3v) is 0.667. The number of hydrogen-bond acceptors (Lipinski definition) is 3. The molecule has 62 valence electrons. The minimum Gasteiger partial charge on any atom is -1.00 e. The molecule has 0 aromatic heterocycles. The van der Waals surface area contributed by atoms with Crippen molar-refractivity contribution in [2.45, 2.75) is 0 Å². The van der Waals surface area contributed by atoms with Crippen molar-refractivity contribution in [2.24, 2.45) is 0 Å². The summed E-state index contributed by atoms with van der Waals surface area (Å²) in [6, 6.07) is 0. The number of ether oxygens (including phenoxy) is 2. The maximum atomic E-state index is 8.20. The molecule has 0 rings (SSSR count). The molecule has 0 saturated heterocycles. The molecule has 6 heteroatoms. The van der Waals surface area contributed by atoms with E-state index in [9.17, 15) is 0 Å². The van der Waals surface area contributed by atoms with Crippen molar-refractivity contribution < 1.29 is 55.2 Å². The van der Waals surface area contributed by atoms with E-state index in [0.29, 0.717) is 19.8 Å². The van der Waals surface area contributed by atoms with E-state index in [1.807, 2.05) is 0 Å². The predicted molar refractivity (Wildman–Crippen MR) is 39.3 cm³/mol. The van der Waals surface area contributed by atoms with Crippen LogP contribution in [0.5, 0.6) is 0 Å². The minimum absolute atomic E-state index is 0. The topological polar surface area (TPSA) is 38.7 Å². The Morgan fingerprint density at radius 1 is 1.18 bits per heavy atom. The van der Waals surface area contributed by atoms with Gasteiger partial charge in [0.05, 0.1) is 26.4 Å². The minimum atomic E-state index is 0. The van der Waals surface area contributed by atoms with Gasteiger partial charge < -0.3 is 17.4 Å². The fourth-order valence-corrected chi connectivity index (χ4v) is 0.309. The SMILES string of the molecule is COCCOCCO.Cl.[H-].[H-].[Li+].[Li+]. The van der Waals surface area contributed by atoms with Gasteiger partial charge in [0.2, 0.25) is 0 Å². The summed E-state index contributed by atoms with van der Waals surface area (Å²) in [6.45, 7) is 1.66. The maximum Gasteiger partial charge on any atom is 1.00 e. The standard InChI is InChI=1S/C5H12O3.ClH.2Li.2H/c1-7-4-5-8-3-2-6;;;;;/h6H,2-5H2,1H3;1H;;;;/q;;2*+1;2*-1.